The number of carbonyl (C=O) groups excluding carboxylic acids is 2. The predicted molar refractivity (Wildman–Crippen MR) is 80.8 cm³/mol. The molecule has 0 saturated carbocycles. The zero-order valence-electron chi connectivity index (χ0n) is 12.7. The van der Waals surface area contributed by atoms with E-state index < -0.39 is 0 Å². The lowest BCUT2D eigenvalue weighted by molar-refractivity contribution is -0.153. The molecule has 3 heterocycles. The molecule has 4 nitrogen and oxygen atoms in total. The lowest BCUT2D eigenvalue weighted by atomic mass is 9.62. The molecule has 114 valence electrons. The van der Waals surface area contributed by atoms with E-state index in [1.165, 1.54) is 11.1 Å². The van der Waals surface area contributed by atoms with Gasteiger partial charge in [0, 0.05) is 18.0 Å². The smallest absolute Gasteiger partial charge is 0.319 e. The molecule has 5 atom stereocenters. The summed E-state index contributed by atoms with van der Waals surface area (Å²) in [5.74, 6) is -1.23. The quantitative estimate of drug-likeness (QED) is 0.474. The number of hydrogen-bond acceptors (Lipinski definition) is 4. The molecule has 2 bridgehead atoms. The maximum absolute atomic E-state index is 12.2. The molecule has 2 fully saturated rings. The van der Waals surface area contributed by atoms with E-state index in [1.807, 2.05) is 18.2 Å². The van der Waals surface area contributed by atoms with Gasteiger partial charge in [-0.05, 0) is 26.0 Å². The Morgan fingerprint density at radius 3 is 2.45 bits per heavy atom. The van der Waals surface area contributed by atoms with E-state index in [9.17, 15) is 9.59 Å². The van der Waals surface area contributed by atoms with E-state index in [4.69, 9.17) is 4.74 Å². The van der Waals surface area contributed by atoms with Crippen LogP contribution in [0.3, 0.4) is 0 Å². The predicted octanol–water partition coefficient (Wildman–Crippen LogP) is 1.80. The number of rotatable bonds is 2. The second-order valence-electron chi connectivity index (χ2n) is 6.64. The summed E-state index contributed by atoms with van der Waals surface area (Å²) in [5, 5.41) is 0. The van der Waals surface area contributed by atoms with Crippen molar-refractivity contribution in [2.24, 2.45) is 17.8 Å². The molecule has 1 aliphatic carbocycles. The van der Waals surface area contributed by atoms with Gasteiger partial charge in [-0.2, -0.15) is 0 Å². The van der Waals surface area contributed by atoms with Crippen molar-refractivity contribution in [2.75, 3.05) is 7.05 Å². The van der Waals surface area contributed by atoms with E-state index in [2.05, 4.69) is 37.1 Å². The van der Waals surface area contributed by atoms with Crippen molar-refractivity contribution in [3.05, 3.63) is 47.5 Å². The van der Waals surface area contributed by atoms with Crippen LogP contribution < -0.4 is 0 Å². The van der Waals surface area contributed by atoms with E-state index in [0.717, 1.165) is 6.42 Å². The number of nitrogens with zero attached hydrogens (tertiary/aromatic N) is 1. The van der Waals surface area contributed by atoms with Gasteiger partial charge in [0.15, 0.2) is 0 Å². The average molecular weight is 297 g/mol. The molecule has 5 rings (SSSR count). The van der Waals surface area contributed by atoms with Crippen LogP contribution in [0.2, 0.25) is 0 Å². The van der Waals surface area contributed by atoms with E-state index in [0.29, 0.717) is 0 Å². The van der Waals surface area contributed by atoms with Gasteiger partial charge in [0.1, 0.15) is 0 Å². The summed E-state index contributed by atoms with van der Waals surface area (Å²) < 4.78 is 4.95. The monoisotopic (exact) mass is 297 g/mol. The van der Waals surface area contributed by atoms with Gasteiger partial charge in [0.25, 0.3) is 0 Å². The lowest BCUT2D eigenvalue weighted by Crippen LogP contribution is -2.61. The summed E-state index contributed by atoms with van der Waals surface area (Å²) in [6.07, 6.45) is 3.03. The number of benzene rings is 1. The largest absolute Gasteiger partial charge is 0.393 e. The molecule has 2 saturated heterocycles. The van der Waals surface area contributed by atoms with Crippen LogP contribution in [0, 0.1) is 17.8 Å². The second kappa shape index (κ2) is 4.78. The third-order valence-electron chi connectivity index (χ3n) is 5.54. The molecule has 0 amide bonds. The van der Waals surface area contributed by atoms with Gasteiger partial charge >= 0.3 is 11.9 Å². The van der Waals surface area contributed by atoms with Crippen LogP contribution in [0.5, 0.6) is 0 Å². The van der Waals surface area contributed by atoms with Crippen molar-refractivity contribution >= 4 is 11.9 Å². The molecule has 0 N–H and O–H groups in total. The first-order valence-corrected chi connectivity index (χ1v) is 7.77. The van der Waals surface area contributed by atoms with Crippen LogP contribution in [0.25, 0.3) is 0 Å². The Bertz CT molecular complexity index is 666. The molecule has 4 aliphatic rings. The summed E-state index contributed by atoms with van der Waals surface area (Å²) >= 11 is 0. The highest BCUT2D eigenvalue weighted by molar-refractivity contribution is 5.98. The van der Waals surface area contributed by atoms with Crippen LogP contribution in [0.4, 0.5) is 0 Å². The molecule has 1 aromatic rings. The van der Waals surface area contributed by atoms with Crippen molar-refractivity contribution in [2.45, 2.75) is 25.4 Å². The van der Waals surface area contributed by atoms with Gasteiger partial charge in [-0.25, -0.2) is 0 Å². The summed E-state index contributed by atoms with van der Waals surface area (Å²) in [7, 11) is 2.06. The van der Waals surface area contributed by atoms with Gasteiger partial charge in [-0.1, -0.05) is 42.0 Å². The average Bonchev–Trinajstić information content (AvgIpc) is 2.80. The molecule has 0 aromatic heterocycles. The molecule has 0 spiro atoms. The van der Waals surface area contributed by atoms with Gasteiger partial charge in [0.2, 0.25) is 0 Å². The molecule has 0 radical (unpaired) electrons. The number of carbonyl (C=O) groups is 2. The Morgan fingerprint density at radius 2 is 1.73 bits per heavy atom. The molecular weight excluding hydrogens is 278 g/mol. The van der Waals surface area contributed by atoms with Crippen LogP contribution in [0.15, 0.2) is 42.0 Å². The van der Waals surface area contributed by atoms with Crippen molar-refractivity contribution in [3.63, 3.8) is 0 Å². The normalized spacial score (nSPS) is 37.0. The van der Waals surface area contributed by atoms with Gasteiger partial charge in [0.05, 0.1) is 11.8 Å². The minimum absolute atomic E-state index is 0.0253. The summed E-state index contributed by atoms with van der Waals surface area (Å²) in [4.78, 5) is 26.5. The molecule has 3 aliphatic heterocycles. The molecule has 1 aromatic carbocycles. The van der Waals surface area contributed by atoms with Crippen LogP contribution in [-0.2, 0) is 20.7 Å². The molecular formula is C18H19NO3. The maximum Gasteiger partial charge on any atom is 0.319 e. The first kappa shape index (κ1) is 13.7. The van der Waals surface area contributed by atoms with Crippen molar-refractivity contribution in [1.82, 2.24) is 4.90 Å². The van der Waals surface area contributed by atoms with E-state index >= 15 is 0 Å². The van der Waals surface area contributed by atoms with Crippen molar-refractivity contribution in [3.8, 4) is 0 Å². The number of piperidine rings is 1. The standard InChI is InChI=1S/C18H19NO3/c1-10-8-12-15-16(18(21)22-17(15)20)14(10)13(19(12)2)9-11-6-4-3-5-7-11/h3-8,12-16H,9H2,1-2H3/t12-,13+,14+,15+,16-/m1/s1. The summed E-state index contributed by atoms with van der Waals surface area (Å²) in [6.45, 7) is 2.08. The van der Waals surface area contributed by atoms with Crippen LogP contribution in [-0.4, -0.2) is 36.0 Å². The minimum Gasteiger partial charge on any atom is -0.393 e. The Labute approximate surface area is 129 Å². The number of esters is 2. The first-order valence-electron chi connectivity index (χ1n) is 7.77. The fraction of sp³-hybridized carbons (Fsp3) is 0.444. The highest BCUT2D eigenvalue weighted by atomic mass is 16.6. The number of hydrogen-bond donors (Lipinski definition) is 0. The Hall–Kier alpha value is -1.94. The number of ether oxygens (including phenoxy) is 1. The van der Waals surface area contributed by atoms with E-state index in [1.54, 1.807) is 0 Å². The summed E-state index contributed by atoms with van der Waals surface area (Å²) in [5.41, 5.74) is 2.48. The SMILES string of the molecule is CC1=C[C@@H]2[C@@H]3C(=O)OC(=O)[C@@H]3[C@@H]1[C@H](Cc1ccccc1)N2C. The summed E-state index contributed by atoms with van der Waals surface area (Å²) in [6, 6.07) is 10.5. The third kappa shape index (κ3) is 1.80. The maximum atomic E-state index is 12.2. The third-order valence-corrected chi connectivity index (χ3v) is 5.54. The fourth-order valence-electron chi connectivity index (χ4n) is 4.53. The minimum atomic E-state index is -0.348. The number of cyclic esters (lactones) is 2. The van der Waals surface area contributed by atoms with Crippen molar-refractivity contribution in [1.29, 1.82) is 0 Å². The topological polar surface area (TPSA) is 46.6 Å². The highest BCUT2D eigenvalue weighted by Gasteiger charge is 2.61. The Morgan fingerprint density at radius 1 is 1.05 bits per heavy atom. The molecule has 22 heavy (non-hydrogen) atoms. The highest BCUT2D eigenvalue weighted by Crippen LogP contribution is 2.50. The Kier molecular flexibility index (Phi) is 2.98. The Balaban J connectivity index is 1.72. The van der Waals surface area contributed by atoms with E-state index in [-0.39, 0.29) is 41.8 Å². The zero-order chi connectivity index (χ0) is 15.4. The first-order chi connectivity index (χ1) is 10.6. The van der Waals surface area contributed by atoms with Gasteiger partial charge in [-0.3, -0.25) is 14.5 Å². The molecule has 4 heteroatoms. The fourth-order valence-corrected chi connectivity index (χ4v) is 4.53. The number of fused-ring (bicyclic) bond motifs is 1. The van der Waals surface area contributed by atoms with Gasteiger partial charge in [-0.15, -0.1) is 0 Å². The van der Waals surface area contributed by atoms with Gasteiger partial charge < -0.3 is 4.74 Å². The number of likely N-dealkylation sites (N-methyl/N-ethyl adjacent to an activating group) is 1. The zero-order valence-corrected chi connectivity index (χ0v) is 12.7. The van der Waals surface area contributed by atoms with Crippen LogP contribution >= 0.6 is 0 Å². The van der Waals surface area contributed by atoms with Crippen molar-refractivity contribution < 1.29 is 14.3 Å². The molecule has 0 unspecified atom stereocenters. The lowest BCUT2D eigenvalue weighted by Gasteiger charge is -2.52. The van der Waals surface area contributed by atoms with Crippen LogP contribution in [0.1, 0.15) is 12.5 Å². The second-order valence-corrected chi connectivity index (χ2v) is 6.64.